The quantitative estimate of drug-likeness (QED) is 0.0348. The molecule has 0 amide bonds. The van der Waals surface area contributed by atoms with Crippen LogP contribution in [0.1, 0.15) is 278 Å². The Morgan fingerprint density at radius 1 is 0.373 bits per heavy atom. The van der Waals surface area contributed by atoms with Crippen molar-refractivity contribution in [3.05, 3.63) is 36.5 Å². The molecule has 0 spiro atoms. The minimum atomic E-state index is -0.169. The second kappa shape index (κ2) is 52.7. The maximum atomic E-state index is 12.6. The molecule has 1 atom stereocenters. The van der Waals surface area contributed by atoms with Gasteiger partial charge in [-0.25, -0.2) is 0 Å². The fourth-order valence-corrected chi connectivity index (χ4v) is 7.70. The van der Waals surface area contributed by atoms with E-state index in [1.165, 1.54) is 218 Å². The summed E-state index contributed by atoms with van der Waals surface area (Å²) in [7, 11) is 0. The van der Waals surface area contributed by atoms with Gasteiger partial charge in [0.15, 0.2) is 0 Å². The van der Waals surface area contributed by atoms with Gasteiger partial charge in [0, 0.05) is 19.6 Å². The fourth-order valence-electron chi connectivity index (χ4n) is 7.70. The first-order chi connectivity index (χ1) is 29.2. The summed E-state index contributed by atoms with van der Waals surface area (Å²) in [4.78, 5) is 12.6. The molecule has 0 rings (SSSR count). The molecule has 0 N–H and O–H groups in total. The van der Waals surface area contributed by atoms with Crippen LogP contribution in [0.25, 0.3) is 0 Å². The third-order valence-electron chi connectivity index (χ3n) is 11.7. The van der Waals surface area contributed by atoms with Gasteiger partial charge in [-0.3, -0.25) is 4.79 Å². The van der Waals surface area contributed by atoms with Gasteiger partial charge in [-0.2, -0.15) is 0 Å². The minimum Gasteiger partial charge on any atom is -0.463 e. The summed E-state index contributed by atoms with van der Waals surface area (Å²) in [5.74, 6) is -0.0799. The van der Waals surface area contributed by atoms with Crippen molar-refractivity contribution in [2.45, 2.75) is 284 Å². The molecule has 0 aromatic rings. The molecule has 0 radical (unpaired) electrons. The monoisotopic (exact) mass is 829 g/mol. The van der Waals surface area contributed by atoms with E-state index in [1.807, 2.05) is 0 Å². The number of rotatable bonds is 50. The predicted octanol–water partition coefficient (Wildman–Crippen LogP) is 18.3. The van der Waals surface area contributed by atoms with Crippen molar-refractivity contribution in [1.82, 2.24) is 0 Å². The molecule has 0 fully saturated rings. The zero-order valence-corrected chi connectivity index (χ0v) is 40.3. The summed E-state index contributed by atoms with van der Waals surface area (Å²) in [5, 5.41) is 0. The van der Waals surface area contributed by atoms with E-state index in [9.17, 15) is 4.79 Å². The van der Waals surface area contributed by atoms with E-state index in [0.717, 1.165) is 38.7 Å². The third-order valence-corrected chi connectivity index (χ3v) is 11.7. The number of esters is 1. The van der Waals surface area contributed by atoms with Gasteiger partial charge in [0.2, 0.25) is 0 Å². The maximum Gasteiger partial charge on any atom is 0.305 e. The van der Waals surface area contributed by atoms with Crippen molar-refractivity contribution in [2.75, 3.05) is 26.4 Å². The molecule has 0 bridgehead atoms. The highest BCUT2D eigenvalue weighted by Crippen LogP contribution is 2.15. The van der Waals surface area contributed by atoms with Gasteiger partial charge in [-0.1, -0.05) is 231 Å². The molecule has 0 heterocycles. The summed E-state index contributed by atoms with van der Waals surface area (Å²) in [5.41, 5.74) is 0. The van der Waals surface area contributed by atoms with Crippen LogP contribution >= 0.6 is 0 Å². The minimum absolute atomic E-state index is 0.0799. The second-order valence-corrected chi connectivity index (χ2v) is 17.8. The molecule has 4 heteroatoms. The van der Waals surface area contributed by atoms with E-state index in [2.05, 4.69) is 57.2 Å². The summed E-state index contributed by atoms with van der Waals surface area (Å²) in [6, 6.07) is 0. The molecule has 348 valence electrons. The Bertz CT molecular complexity index is 878. The summed E-state index contributed by atoms with van der Waals surface area (Å²) >= 11 is 0. The fraction of sp³-hybridized carbons (Fsp3) is 0.873. The highest BCUT2D eigenvalue weighted by molar-refractivity contribution is 5.69. The van der Waals surface area contributed by atoms with E-state index < -0.39 is 0 Å². The van der Waals surface area contributed by atoms with Crippen LogP contribution in [0.4, 0.5) is 0 Å². The summed E-state index contributed by atoms with van der Waals surface area (Å²) in [6.45, 7) is 9.14. The topological polar surface area (TPSA) is 44.8 Å². The van der Waals surface area contributed by atoms with Gasteiger partial charge in [-0.05, 0) is 77.0 Å². The molecule has 0 saturated heterocycles. The molecule has 0 aliphatic carbocycles. The first-order valence-electron chi connectivity index (χ1n) is 26.5. The van der Waals surface area contributed by atoms with Gasteiger partial charge in [0.05, 0.1) is 6.61 Å². The molecule has 4 nitrogen and oxygen atoms in total. The van der Waals surface area contributed by atoms with E-state index in [-0.39, 0.29) is 12.1 Å². The van der Waals surface area contributed by atoms with Crippen LogP contribution in [-0.2, 0) is 19.0 Å². The Hall–Kier alpha value is -1.39. The molecule has 0 aliphatic heterocycles. The van der Waals surface area contributed by atoms with Gasteiger partial charge in [0.25, 0.3) is 0 Å². The lowest BCUT2D eigenvalue weighted by Crippen LogP contribution is -2.28. The smallest absolute Gasteiger partial charge is 0.305 e. The Morgan fingerprint density at radius 3 is 1.17 bits per heavy atom. The van der Waals surface area contributed by atoms with Crippen molar-refractivity contribution in [1.29, 1.82) is 0 Å². The van der Waals surface area contributed by atoms with Crippen LogP contribution in [-0.4, -0.2) is 38.5 Å². The van der Waals surface area contributed by atoms with Crippen LogP contribution in [0, 0.1) is 0 Å². The van der Waals surface area contributed by atoms with Gasteiger partial charge >= 0.3 is 5.97 Å². The molecular formula is C55H104O4. The van der Waals surface area contributed by atoms with Gasteiger partial charge < -0.3 is 14.2 Å². The van der Waals surface area contributed by atoms with E-state index >= 15 is 0 Å². The third kappa shape index (κ3) is 50.9. The summed E-state index contributed by atoms with van der Waals surface area (Å²) in [6.07, 6.45) is 64.8. The molecule has 59 heavy (non-hydrogen) atoms. The lowest BCUT2D eigenvalue weighted by Gasteiger charge is -2.18. The molecule has 1 unspecified atom stereocenters. The average molecular weight is 829 g/mol. The van der Waals surface area contributed by atoms with Crippen molar-refractivity contribution < 1.29 is 19.0 Å². The van der Waals surface area contributed by atoms with E-state index in [0.29, 0.717) is 26.2 Å². The molecule has 0 saturated carbocycles. The highest BCUT2D eigenvalue weighted by Gasteiger charge is 2.13. The Morgan fingerprint density at radius 2 is 0.712 bits per heavy atom. The van der Waals surface area contributed by atoms with Crippen LogP contribution < -0.4 is 0 Å². The van der Waals surface area contributed by atoms with Crippen molar-refractivity contribution >= 4 is 5.97 Å². The van der Waals surface area contributed by atoms with Gasteiger partial charge in [0.1, 0.15) is 12.7 Å². The SMILES string of the molecule is CCCCC/C=C\C/C=C\CCCCCCCCOC(COCCCCCCCC/C=C\CCCCCCCC)COC(=O)CCCCCCCCCCCCCCC. The van der Waals surface area contributed by atoms with Crippen LogP contribution in [0.5, 0.6) is 0 Å². The van der Waals surface area contributed by atoms with Crippen LogP contribution in [0.3, 0.4) is 0 Å². The predicted molar refractivity (Wildman–Crippen MR) is 261 cm³/mol. The molecule has 0 aromatic carbocycles. The number of allylic oxidation sites excluding steroid dienone is 6. The lowest BCUT2D eigenvalue weighted by atomic mass is 10.0. The molecular weight excluding hydrogens is 725 g/mol. The Balaban J connectivity index is 4.15. The Labute approximate surface area is 370 Å². The van der Waals surface area contributed by atoms with Crippen LogP contribution in [0.2, 0.25) is 0 Å². The largest absolute Gasteiger partial charge is 0.463 e. The molecule has 0 aromatic heterocycles. The number of carbonyl (C=O) groups excluding carboxylic acids is 1. The maximum absolute atomic E-state index is 12.6. The first kappa shape index (κ1) is 57.6. The lowest BCUT2D eigenvalue weighted by molar-refractivity contribution is -0.150. The highest BCUT2D eigenvalue weighted by atomic mass is 16.6. The first-order valence-corrected chi connectivity index (χ1v) is 26.5. The van der Waals surface area contributed by atoms with Crippen molar-refractivity contribution in [2.24, 2.45) is 0 Å². The standard InChI is InChI=1S/C55H104O4/c1-4-7-10-13-16-19-22-25-27-29-32-35-38-41-44-47-50-57-52-54(53-59-55(56)49-46-43-40-37-34-31-24-21-18-15-12-9-6-3)58-51-48-45-42-39-36-33-30-28-26-23-20-17-14-11-8-5-2/h17,20,25-28,54H,4-16,18-19,21-24,29-53H2,1-3H3/b20-17-,27-25-,28-26-. The zero-order valence-electron chi connectivity index (χ0n) is 40.3. The van der Waals surface area contributed by atoms with Crippen LogP contribution in [0.15, 0.2) is 36.5 Å². The van der Waals surface area contributed by atoms with Crippen molar-refractivity contribution in [3.8, 4) is 0 Å². The van der Waals surface area contributed by atoms with Gasteiger partial charge in [-0.15, -0.1) is 0 Å². The second-order valence-electron chi connectivity index (χ2n) is 17.8. The number of hydrogen-bond donors (Lipinski definition) is 0. The normalized spacial score (nSPS) is 12.5. The van der Waals surface area contributed by atoms with Crippen molar-refractivity contribution in [3.63, 3.8) is 0 Å². The van der Waals surface area contributed by atoms with E-state index in [4.69, 9.17) is 14.2 Å². The number of unbranched alkanes of at least 4 members (excludes halogenated alkanes) is 33. The summed E-state index contributed by atoms with van der Waals surface area (Å²) < 4.78 is 18.0. The van der Waals surface area contributed by atoms with E-state index in [1.54, 1.807) is 0 Å². The molecule has 0 aliphatic rings. The zero-order chi connectivity index (χ0) is 42.6. The number of ether oxygens (including phenoxy) is 3. The average Bonchev–Trinajstić information content (AvgIpc) is 3.24. The Kier molecular flexibility index (Phi) is 51.5. The number of hydrogen-bond acceptors (Lipinski definition) is 4. The number of carbonyl (C=O) groups is 1.